The Morgan fingerprint density at radius 3 is 2.31 bits per heavy atom. The van der Waals surface area contributed by atoms with Crippen LogP contribution in [0.2, 0.25) is 0 Å². The van der Waals surface area contributed by atoms with E-state index >= 15 is 0 Å². The molecule has 1 aromatic heterocycles. The molecule has 1 atom stereocenters. The molecule has 0 aliphatic rings. The highest BCUT2D eigenvalue weighted by atomic mass is 32.1. The molecule has 1 heterocycles. The zero-order chi connectivity index (χ0) is 19.3. The average Bonchev–Trinajstić information content (AvgIpc) is 2.60. The van der Waals surface area contributed by atoms with E-state index in [0.717, 1.165) is 5.56 Å². The van der Waals surface area contributed by atoms with Crippen molar-refractivity contribution in [2.24, 2.45) is 0 Å². The molecule has 5 heteroatoms. The van der Waals surface area contributed by atoms with Crippen LogP contribution in [0.1, 0.15) is 42.7 Å². The Balaban J connectivity index is 2.40. The molecule has 1 N–H and O–H groups in total. The molecule has 2 rings (SSSR count). The monoisotopic (exact) mass is 371 g/mol. The number of ketones is 1. The lowest BCUT2D eigenvalue weighted by Crippen LogP contribution is -2.51. The van der Waals surface area contributed by atoms with Crippen molar-refractivity contribution < 1.29 is 13.8 Å². The molecule has 1 aromatic carbocycles. The first-order chi connectivity index (χ1) is 12.2. The Morgan fingerprint density at radius 1 is 1.23 bits per heavy atom. The van der Waals surface area contributed by atoms with E-state index in [1.54, 1.807) is 10.6 Å². The van der Waals surface area contributed by atoms with E-state index in [4.69, 9.17) is 12.2 Å². The van der Waals surface area contributed by atoms with E-state index in [9.17, 15) is 9.18 Å². The number of carbonyl (C=O) groups excluding carboxylic acids is 1. The Bertz CT molecular complexity index is 792. The molecule has 2 aromatic rings. The van der Waals surface area contributed by atoms with Crippen LogP contribution >= 0.6 is 12.2 Å². The van der Waals surface area contributed by atoms with Gasteiger partial charge < -0.3 is 5.32 Å². The minimum absolute atomic E-state index is 0.0111. The summed E-state index contributed by atoms with van der Waals surface area (Å²) in [6.45, 7) is 10.5. The number of rotatable bonds is 6. The molecule has 136 valence electrons. The van der Waals surface area contributed by atoms with Gasteiger partial charge in [0.1, 0.15) is 5.82 Å². The third-order valence-electron chi connectivity index (χ3n) is 4.06. The van der Waals surface area contributed by atoms with Gasteiger partial charge in [0.2, 0.25) is 5.78 Å². The number of benzene rings is 1. The summed E-state index contributed by atoms with van der Waals surface area (Å²) in [6, 6.07) is 8.78. The van der Waals surface area contributed by atoms with Gasteiger partial charge in [-0.05, 0) is 35.2 Å². The third kappa shape index (κ3) is 4.82. The lowest BCUT2D eigenvalue weighted by molar-refractivity contribution is -0.692. The maximum Gasteiger partial charge on any atom is 0.270 e. The van der Waals surface area contributed by atoms with E-state index in [2.05, 4.69) is 32.7 Å². The first-order valence-corrected chi connectivity index (χ1v) is 8.84. The number of Topliss-reactive ketones (excluding diaryl/α,β-unsaturated/α-hetero) is 1. The lowest BCUT2D eigenvalue weighted by atomic mass is 9.88. The van der Waals surface area contributed by atoms with Crippen LogP contribution in [-0.2, 0) is 5.41 Å². The highest BCUT2D eigenvalue weighted by molar-refractivity contribution is 7.80. The second-order valence-electron chi connectivity index (χ2n) is 7.09. The fraction of sp³-hybridized carbons (Fsp3) is 0.286. The summed E-state index contributed by atoms with van der Waals surface area (Å²) in [5.74, 6) is -0.576. The minimum Gasteiger partial charge on any atom is -0.370 e. The fourth-order valence-electron chi connectivity index (χ4n) is 2.54. The molecule has 0 aliphatic heterocycles. The van der Waals surface area contributed by atoms with Crippen LogP contribution < -0.4 is 9.88 Å². The highest BCUT2D eigenvalue weighted by Crippen LogP contribution is 2.21. The summed E-state index contributed by atoms with van der Waals surface area (Å²) in [7, 11) is 0. The predicted molar refractivity (Wildman–Crippen MR) is 106 cm³/mol. The van der Waals surface area contributed by atoms with Crippen molar-refractivity contribution in [1.29, 1.82) is 0 Å². The van der Waals surface area contributed by atoms with Gasteiger partial charge in [-0.3, -0.25) is 4.79 Å². The van der Waals surface area contributed by atoms with Gasteiger partial charge in [-0.2, -0.15) is 4.57 Å². The van der Waals surface area contributed by atoms with Crippen LogP contribution in [-0.4, -0.2) is 17.3 Å². The van der Waals surface area contributed by atoms with Crippen molar-refractivity contribution in [2.45, 2.75) is 32.2 Å². The quantitative estimate of drug-likeness (QED) is 0.361. The third-order valence-corrected chi connectivity index (χ3v) is 4.43. The lowest BCUT2D eigenvalue weighted by Gasteiger charge is -2.19. The minimum atomic E-state index is -0.704. The SMILES string of the molecule is C=CCNC(=S)[C@@H](C(=O)c1ccc(F)cc1)[n+]1ccc(C(C)(C)C)cc1. The molecular formula is C21H24FN2OS+. The molecular weight excluding hydrogens is 347 g/mol. The summed E-state index contributed by atoms with van der Waals surface area (Å²) in [5, 5.41) is 3.04. The molecule has 0 aliphatic carbocycles. The predicted octanol–water partition coefficient (Wildman–Crippen LogP) is 3.94. The summed E-state index contributed by atoms with van der Waals surface area (Å²) >= 11 is 5.46. The topological polar surface area (TPSA) is 33.0 Å². The van der Waals surface area contributed by atoms with Crippen LogP contribution in [0, 0.1) is 5.82 Å². The molecule has 0 bridgehead atoms. The number of halogens is 1. The van der Waals surface area contributed by atoms with Gasteiger partial charge in [-0.1, -0.05) is 39.1 Å². The number of thiocarbonyl (C=S) groups is 1. The number of hydrogen-bond donors (Lipinski definition) is 1. The van der Waals surface area contributed by atoms with Gasteiger partial charge in [0.25, 0.3) is 6.04 Å². The van der Waals surface area contributed by atoms with Gasteiger partial charge in [-0.25, -0.2) is 4.39 Å². The maximum absolute atomic E-state index is 13.2. The van der Waals surface area contributed by atoms with E-state index in [0.29, 0.717) is 17.1 Å². The number of nitrogens with zero attached hydrogens (tertiary/aromatic N) is 1. The number of carbonyl (C=O) groups is 1. The van der Waals surface area contributed by atoms with Crippen molar-refractivity contribution in [1.82, 2.24) is 5.32 Å². The van der Waals surface area contributed by atoms with Crippen molar-refractivity contribution in [3.05, 3.63) is 78.4 Å². The van der Waals surface area contributed by atoms with Crippen LogP contribution in [0.4, 0.5) is 4.39 Å². The van der Waals surface area contributed by atoms with Crippen LogP contribution in [0.25, 0.3) is 0 Å². The molecule has 3 nitrogen and oxygen atoms in total. The Labute approximate surface area is 159 Å². The first-order valence-electron chi connectivity index (χ1n) is 8.43. The molecule has 0 unspecified atom stereocenters. The van der Waals surface area contributed by atoms with Crippen molar-refractivity contribution in [3.8, 4) is 0 Å². The Hall–Kier alpha value is -2.40. The van der Waals surface area contributed by atoms with Gasteiger partial charge >= 0.3 is 0 Å². The average molecular weight is 372 g/mol. The molecule has 0 fully saturated rings. The van der Waals surface area contributed by atoms with Gasteiger partial charge in [0, 0.05) is 24.2 Å². The molecule has 0 saturated heterocycles. The maximum atomic E-state index is 13.2. The van der Waals surface area contributed by atoms with Crippen molar-refractivity contribution in [3.63, 3.8) is 0 Å². The summed E-state index contributed by atoms with van der Waals surface area (Å²) in [5.41, 5.74) is 1.58. The van der Waals surface area contributed by atoms with Crippen LogP contribution in [0.5, 0.6) is 0 Å². The van der Waals surface area contributed by atoms with Gasteiger partial charge in [-0.15, -0.1) is 6.58 Å². The van der Waals surface area contributed by atoms with Crippen LogP contribution in [0.3, 0.4) is 0 Å². The number of aromatic nitrogens is 1. The molecule has 0 amide bonds. The van der Waals surface area contributed by atoms with Crippen molar-refractivity contribution >= 4 is 23.0 Å². The Morgan fingerprint density at radius 2 is 1.81 bits per heavy atom. The zero-order valence-electron chi connectivity index (χ0n) is 15.3. The number of hydrogen-bond acceptors (Lipinski definition) is 2. The molecule has 0 spiro atoms. The Kier molecular flexibility index (Phi) is 6.37. The van der Waals surface area contributed by atoms with E-state index in [1.165, 1.54) is 24.3 Å². The molecule has 0 saturated carbocycles. The largest absolute Gasteiger partial charge is 0.370 e. The van der Waals surface area contributed by atoms with Crippen LogP contribution in [0.15, 0.2) is 61.4 Å². The van der Waals surface area contributed by atoms with E-state index in [1.807, 2.05) is 24.5 Å². The summed E-state index contributed by atoms with van der Waals surface area (Å²) < 4.78 is 15.0. The number of nitrogens with one attached hydrogen (secondary N) is 1. The second-order valence-corrected chi connectivity index (χ2v) is 7.53. The van der Waals surface area contributed by atoms with Crippen molar-refractivity contribution in [2.75, 3.05) is 6.54 Å². The number of pyridine rings is 1. The standard InChI is InChI=1S/C21H23FN2OS/c1-5-12-23-20(26)18(19(25)15-6-8-17(22)9-7-15)24-13-10-16(11-14-24)21(2,3)4/h5-11,13-14,18H,1,12H2,2-4H3/p+1/t18-/m1/s1. The van der Waals surface area contributed by atoms with E-state index < -0.39 is 6.04 Å². The highest BCUT2D eigenvalue weighted by Gasteiger charge is 2.33. The smallest absolute Gasteiger partial charge is 0.270 e. The van der Waals surface area contributed by atoms with E-state index in [-0.39, 0.29) is 17.0 Å². The normalized spacial score (nSPS) is 12.3. The molecule has 0 radical (unpaired) electrons. The molecule has 26 heavy (non-hydrogen) atoms. The summed E-state index contributed by atoms with van der Waals surface area (Å²) in [4.78, 5) is 13.4. The second kappa shape index (κ2) is 8.32. The van der Waals surface area contributed by atoms with Gasteiger partial charge in [0.15, 0.2) is 17.4 Å². The van der Waals surface area contributed by atoms with Gasteiger partial charge in [0.05, 0.1) is 0 Å². The zero-order valence-corrected chi connectivity index (χ0v) is 16.1. The summed E-state index contributed by atoms with van der Waals surface area (Å²) in [6.07, 6.45) is 5.39. The first kappa shape index (κ1) is 19.9. The fourth-order valence-corrected chi connectivity index (χ4v) is 2.85.